The molecular weight excluding hydrogens is 688 g/mol. The van der Waals surface area contributed by atoms with E-state index in [4.69, 9.17) is 0 Å². The highest BCUT2D eigenvalue weighted by molar-refractivity contribution is 6.14. The van der Waals surface area contributed by atoms with Gasteiger partial charge in [0.25, 0.3) is 0 Å². The van der Waals surface area contributed by atoms with Gasteiger partial charge < -0.3 is 51.1 Å². The van der Waals surface area contributed by atoms with Crippen LogP contribution in [0.2, 0.25) is 0 Å². The second kappa shape index (κ2) is 12.3. The van der Waals surface area contributed by atoms with Gasteiger partial charge in [0, 0.05) is 5.56 Å². The van der Waals surface area contributed by atoms with E-state index in [-0.39, 0.29) is 17.0 Å². The van der Waals surface area contributed by atoms with Crippen LogP contribution in [0.3, 0.4) is 0 Å². The molecule has 2 aliphatic carbocycles. The lowest BCUT2D eigenvalue weighted by atomic mass is 9.74. The molecule has 8 rings (SSSR count). The van der Waals surface area contributed by atoms with Crippen molar-refractivity contribution in [1.29, 1.82) is 0 Å². The molecular formula is C44H36O10. The van der Waals surface area contributed by atoms with Crippen LogP contribution in [0, 0.1) is 12.8 Å². The lowest BCUT2D eigenvalue weighted by molar-refractivity contribution is 0.330. The van der Waals surface area contributed by atoms with E-state index in [0.717, 1.165) is 61.5 Å². The summed E-state index contributed by atoms with van der Waals surface area (Å²) < 4.78 is 0. The van der Waals surface area contributed by atoms with E-state index < -0.39 is 57.5 Å². The molecule has 1 atom stereocenters. The Morgan fingerprint density at radius 2 is 1.11 bits per heavy atom. The number of hydrogen-bond donors (Lipinski definition) is 10. The third kappa shape index (κ3) is 4.87. The van der Waals surface area contributed by atoms with Crippen molar-refractivity contribution in [1.82, 2.24) is 0 Å². The molecule has 0 amide bonds. The Balaban J connectivity index is 1.39. The SMILES string of the molecule is Cc1cc2cc(-c3c(O)c(O)c(O)c(O)c3O)ccc2cc1C1=C(c2c3c(c(-c4c(O)c(O)c(O)c(O)c4O)c4ccccc24)CCC=C3)C=CCC1C. The van der Waals surface area contributed by atoms with Crippen LogP contribution < -0.4 is 0 Å². The molecule has 10 heteroatoms. The zero-order valence-electron chi connectivity index (χ0n) is 29.2. The molecule has 2 aliphatic rings. The number of hydrogen-bond acceptors (Lipinski definition) is 10. The average Bonchev–Trinajstić information content (AvgIpc) is 3.17. The molecule has 0 aliphatic heterocycles. The monoisotopic (exact) mass is 724 g/mol. The highest BCUT2D eigenvalue weighted by Crippen LogP contribution is 2.59. The predicted molar refractivity (Wildman–Crippen MR) is 207 cm³/mol. The minimum atomic E-state index is -1.02. The molecule has 0 aromatic heterocycles. The molecule has 0 radical (unpaired) electrons. The van der Waals surface area contributed by atoms with Crippen LogP contribution in [-0.4, -0.2) is 51.1 Å². The Kier molecular flexibility index (Phi) is 7.81. The van der Waals surface area contributed by atoms with Gasteiger partial charge in [0.05, 0.1) is 11.1 Å². The van der Waals surface area contributed by atoms with Crippen molar-refractivity contribution in [3.05, 3.63) is 101 Å². The number of aromatic hydroxyl groups is 10. The highest BCUT2D eigenvalue weighted by Gasteiger charge is 2.32. The van der Waals surface area contributed by atoms with Gasteiger partial charge in [-0.2, -0.15) is 0 Å². The second-order valence-electron chi connectivity index (χ2n) is 14.0. The highest BCUT2D eigenvalue weighted by atomic mass is 16.4. The Morgan fingerprint density at radius 1 is 0.537 bits per heavy atom. The van der Waals surface area contributed by atoms with Gasteiger partial charge in [-0.15, -0.1) is 0 Å². The van der Waals surface area contributed by atoms with Gasteiger partial charge in [-0.1, -0.05) is 73.7 Å². The van der Waals surface area contributed by atoms with Crippen LogP contribution in [0.1, 0.15) is 47.6 Å². The molecule has 1 unspecified atom stereocenters. The summed E-state index contributed by atoms with van der Waals surface area (Å²) in [4.78, 5) is 0. The summed E-state index contributed by atoms with van der Waals surface area (Å²) >= 11 is 0. The first-order valence-electron chi connectivity index (χ1n) is 17.4. The first-order valence-corrected chi connectivity index (χ1v) is 17.4. The number of phenols is 10. The van der Waals surface area contributed by atoms with Crippen LogP contribution in [0.5, 0.6) is 57.5 Å². The quantitative estimate of drug-likeness (QED) is 0.0617. The average molecular weight is 725 g/mol. The predicted octanol–water partition coefficient (Wildman–Crippen LogP) is 9.16. The van der Waals surface area contributed by atoms with Gasteiger partial charge in [0.2, 0.25) is 34.5 Å². The summed E-state index contributed by atoms with van der Waals surface area (Å²) in [6, 6.07) is 16.8. The molecule has 0 heterocycles. The molecule has 0 fully saturated rings. The van der Waals surface area contributed by atoms with Crippen LogP contribution in [0.15, 0.2) is 72.8 Å². The van der Waals surface area contributed by atoms with Gasteiger partial charge >= 0.3 is 0 Å². The van der Waals surface area contributed by atoms with Crippen molar-refractivity contribution in [2.45, 2.75) is 33.1 Å². The minimum absolute atomic E-state index is 0.0815. The number of aryl methyl sites for hydroxylation is 1. The summed E-state index contributed by atoms with van der Waals surface area (Å²) in [5.74, 6) is -8.76. The van der Waals surface area contributed by atoms with Crippen molar-refractivity contribution < 1.29 is 51.1 Å². The minimum Gasteiger partial charge on any atom is -0.504 e. The second-order valence-corrected chi connectivity index (χ2v) is 14.0. The summed E-state index contributed by atoms with van der Waals surface area (Å²) in [6.07, 6.45) is 10.3. The van der Waals surface area contributed by atoms with Gasteiger partial charge in [0.1, 0.15) is 0 Å². The molecule has 10 nitrogen and oxygen atoms in total. The van der Waals surface area contributed by atoms with E-state index in [0.29, 0.717) is 29.4 Å². The number of benzene rings is 6. The molecule has 6 aromatic rings. The van der Waals surface area contributed by atoms with Gasteiger partial charge in [-0.25, -0.2) is 0 Å². The first-order chi connectivity index (χ1) is 25.8. The third-order valence-electron chi connectivity index (χ3n) is 10.8. The van der Waals surface area contributed by atoms with E-state index >= 15 is 0 Å². The summed E-state index contributed by atoms with van der Waals surface area (Å²) in [6.45, 7) is 4.16. The first kappa shape index (κ1) is 34.2. The summed E-state index contributed by atoms with van der Waals surface area (Å²) in [5, 5.41) is 108. The van der Waals surface area contributed by atoms with E-state index in [1.54, 1.807) is 12.1 Å². The number of phenolic OH excluding ortho intramolecular Hbond substituents is 10. The fourth-order valence-corrected chi connectivity index (χ4v) is 8.19. The van der Waals surface area contributed by atoms with Gasteiger partial charge in [0.15, 0.2) is 23.0 Å². The lowest BCUT2D eigenvalue weighted by Crippen LogP contribution is -2.10. The molecule has 10 N–H and O–H groups in total. The van der Waals surface area contributed by atoms with Crippen molar-refractivity contribution in [3.8, 4) is 79.7 Å². The van der Waals surface area contributed by atoms with Crippen LogP contribution in [0.25, 0.3) is 61.0 Å². The molecule has 6 aromatic carbocycles. The molecule has 54 heavy (non-hydrogen) atoms. The maximum Gasteiger partial charge on any atom is 0.208 e. The zero-order valence-corrected chi connectivity index (χ0v) is 29.2. The van der Waals surface area contributed by atoms with Gasteiger partial charge in [-0.05, 0) is 110 Å². The maximum atomic E-state index is 11.1. The summed E-state index contributed by atoms with van der Waals surface area (Å²) in [5.41, 5.74) is 6.94. The topological polar surface area (TPSA) is 202 Å². The van der Waals surface area contributed by atoms with E-state index in [1.165, 1.54) is 0 Å². The van der Waals surface area contributed by atoms with E-state index in [2.05, 4.69) is 31.2 Å². The normalized spacial score (nSPS) is 15.3. The number of rotatable bonds is 4. The summed E-state index contributed by atoms with van der Waals surface area (Å²) in [7, 11) is 0. The Bertz CT molecular complexity index is 2660. The fourth-order valence-electron chi connectivity index (χ4n) is 8.19. The smallest absolute Gasteiger partial charge is 0.208 e. The molecule has 0 spiro atoms. The number of allylic oxidation sites excluding steroid dienone is 5. The largest absolute Gasteiger partial charge is 0.504 e. The lowest BCUT2D eigenvalue weighted by Gasteiger charge is -2.29. The zero-order chi connectivity index (χ0) is 38.3. The Hall–Kier alpha value is -6.94. The van der Waals surface area contributed by atoms with Crippen molar-refractivity contribution in [3.63, 3.8) is 0 Å². The molecule has 0 bridgehead atoms. The van der Waals surface area contributed by atoms with Crippen molar-refractivity contribution in [2.75, 3.05) is 0 Å². The van der Waals surface area contributed by atoms with Crippen LogP contribution in [-0.2, 0) is 6.42 Å². The van der Waals surface area contributed by atoms with Crippen LogP contribution in [0.4, 0.5) is 0 Å². The van der Waals surface area contributed by atoms with Gasteiger partial charge in [-0.3, -0.25) is 0 Å². The number of fused-ring (bicyclic) bond motifs is 3. The molecule has 0 saturated carbocycles. The maximum absolute atomic E-state index is 11.1. The van der Waals surface area contributed by atoms with Crippen molar-refractivity contribution >= 4 is 38.8 Å². The van der Waals surface area contributed by atoms with Crippen molar-refractivity contribution in [2.24, 2.45) is 5.92 Å². The van der Waals surface area contributed by atoms with E-state index in [9.17, 15) is 51.1 Å². The molecule has 0 saturated heterocycles. The Morgan fingerprint density at radius 3 is 1.74 bits per heavy atom. The van der Waals surface area contributed by atoms with E-state index in [1.807, 2.05) is 49.4 Å². The Labute approximate surface area is 308 Å². The van der Waals surface area contributed by atoms with Crippen LogP contribution >= 0.6 is 0 Å². The standard InChI is InChI=1S/C44H36O10/c1-19-8-7-13-28(30(19)29-18-21-14-15-22(17-23(21)16-20(29)2)31-35(45)39(49)43(53)40(50)36(31)46)32-24-9-3-5-11-26(24)33(27-12-6-4-10-25(27)32)34-37(47)41(51)44(54)42(52)38(34)48/h3-5,7,9-11,13-19,45-54H,6,8,12H2,1-2H3. The fraction of sp³-hybridized carbons (Fsp3) is 0.136. The third-order valence-corrected chi connectivity index (χ3v) is 10.8. The molecule has 272 valence electrons.